The number of carbonyl (C=O) groups excluding carboxylic acids is 1. The number of hydrogen-bond donors (Lipinski definition) is 0. The summed E-state index contributed by atoms with van der Waals surface area (Å²) in [5.74, 6) is 0. The Balaban J connectivity index is 2.39. The zero-order valence-corrected chi connectivity index (χ0v) is 11.2. The van der Waals surface area contributed by atoms with Crippen molar-refractivity contribution in [3.05, 3.63) is 59.9 Å². The average Bonchev–Trinajstić information content (AvgIpc) is 2.86. The molecular formula is C14H13NO3S. The van der Waals surface area contributed by atoms with Crippen molar-refractivity contribution in [2.45, 2.75) is 11.8 Å². The average molecular weight is 275 g/mol. The molecule has 2 aromatic rings. The van der Waals surface area contributed by atoms with E-state index in [0.29, 0.717) is 11.8 Å². The van der Waals surface area contributed by atoms with Crippen molar-refractivity contribution in [1.29, 1.82) is 0 Å². The highest BCUT2D eigenvalue weighted by atomic mass is 32.2. The van der Waals surface area contributed by atoms with Crippen LogP contribution >= 0.6 is 0 Å². The monoisotopic (exact) mass is 275 g/mol. The number of aldehydes is 1. The van der Waals surface area contributed by atoms with Gasteiger partial charge in [-0.1, -0.05) is 23.8 Å². The van der Waals surface area contributed by atoms with Crippen molar-refractivity contribution in [2.75, 3.05) is 0 Å². The molecule has 1 aromatic carbocycles. The van der Waals surface area contributed by atoms with E-state index in [1.165, 1.54) is 18.5 Å². The highest BCUT2D eigenvalue weighted by Gasteiger charge is 2.15. The minimum absolute atomic E-state index is 0.236. The summed E-state index contributed by atoms with van der Waals surface area (Å²) in [5, 5.41) is 0. The quantitative estimate of drug-likeness (QED) is 0.635. The summed E-state index contributed by atoms with van der Waals surface area (Å²) in [6, 6.07) is 8.29. The first-order valence-electron chi connectivity index (χ1n) is 5.66. The van der Waals surface area contributed by atoms with Gasteiger partial charge in [0.25, 0.3) is 10.0 Å². The lowest BCUT2D eigenvalue weighted by Crippen LogP contribution is -2.10. The van der Waals surface area contributed by atoms with Gasteiger partial charge in [0, 0.05) is 12.4 Å². The predicted molar refractivity (Wildman–Crippen MR) is 73.3 cm³/mol. The van der Waals surface area contributed by atoms with E-state index in [1.807, 2.05) is 6.92 Å². The van der Waals surface area contributed by atoms with Crippen LogP contribution in [0.15, 0.2) is 53.7 Å². The van der Waals surface area contributed by atoms with Crippen LogP contribution in [0.25, 0.3) is 6.08 Å². The summed E-state index contributed by atoms with van der Waals surface area (Å²) in [5.41, 5.74) is 1.66. The Morgan fingerprint density at radius 1 is 1.11 bits per heavy atom. The van der Waals surface area contributed by atoms with E-state index in [2.05, 4.69) is 0 Å². The molecule has 1 aromatic heterocycles. The van der Waals surface area contributed by atoms with Gasteiger partial charge in [0.1, 0.15) is 6.29 Å². The summed E-state index contributed by atoms with van der Waals surface area (Å²) in [6.45, 7) is 1.90. The van der Waals surface area contributed by atoms with Crippen molar-refractivity contribution in [3.8, 4) is 0 Å². The Morgan fingerprint density at radius 3 is 2.42 bits per heavy atom. The second-order valence-corrected chi connectivity index (χ2v) is 5.93. The van der Waals surface area contributed by atoms with Crippen LogP contribution in [0.5, 0.6) is 0 Å². The maximum absolute atomic E-state index is 12.3. The fourth-order valence-electron chi connectivity index (χ4n) is 1.62. The second kappa shape index (κ2) is 5.24. The summed E-state index contributed by atoms with van der Waals surface area (Å²) in [4.78, 5) is 10.5. The summed E-state index contributed by atoms with van der Waals surface area (Å²) in [6.07, 6.45) is 6.44. The van der Waals surface area contributed by atoms with Crippen molar-refractivity contribution >= 4 is 22.4 Å². The SMILES string of the molecule is Cc1ccc(S(=O)(=O)n2ccc(/C=C/C=O)c2)cc1. The maximum atomic E-state index is 12.3. The number of aromatic nitrogens is 1. The third-order valence-electron chi connectivity index (χ3n) is 2.65. The lowest BCUT2D eigenvalue weighted by molar-refractivity contribution is -0.104. The molecule has 19 heavy (non-hydrogen) atoms. The Labute approximate surface area is 112 Å². The van der Waals surface area contributed by atoms with Gasteiger partial charge < -0.3 is 0 Å². The molecule has 0 aliphatic carbocycles. The highest BCUT2D eigenvalue weighted by Crippen LogP contribution is 2.16. The third kappa shape index (κ3) is 2.82. The molecule has 98 valence electrons. The van der Waals surface area contributed by atoms with Crippen molar-refractivity contribution in [2.24, 2.45) is 0 Å². The molecule has 0 amide bonds. The number of allylic oxidation sites excluding steroid dienone is 1. The Kier molecular flexibility index (Phi) is 3.66. The summed E-state index contributed by atoms with van der Waals surface area (Å²) >= 11 is 0. The number of nitrogens with zero attached hydrogens (tertiary/aromatic N) is 1. The van der Waals surface area contributed by atoms with Crippen molar-refractivity contribution < 1.29 is 13.2 Å². The molecule has 1 heterocycles. The molecule has 0 bridgehead atoms. The first-order valence-corrected chi connectivity index (χ1v) is 7.10. The van der Waals surface area contributed by atoms with E-state index in [0.717, 1.165) is 9.54 Å². The van der Waals surface area contributed by atoms with Crippen LogP contribution in [0.1, 0.15) is 11.1 Å². The molecule has 0 saturated carbocycles. The number of rotatable bonds is 4. The summed E-state index contributed by atoms with van der Waals surface area (Å²) < 4.78 is 25.7. The van der Waals surface area contributed by atoms with Gasteiger partial charge in [0.05, 0.1) is 4.90 Å². The molecule has 2 rings (SSSR count). The van der Waals surface area contributed by atoms with Gasteiger partial charge in [-0.05, 0) is 36.8 Å². The Morgan fingerprint density at radius 2 is 1.79 bits per heavy atom. The number of benzene rings is 1. The maximum Gasteiger partial charge on any atom is 0.267 e. The van der Waals surface area contributed by atoms with E-state index in [1.54, 1.807) is 36.4 Å². The highest BCUT2D eigenvalue weighted by molar-refractivity contribution is 7.90. The molecule has 0 N–H and O–H groups in total. The lowest BCUT2D eigenvalue weighted by atomic mass is 10.2. The molecular weight excluding hydrogens is 262 g/mol. The minimum atomic E-state index is -3.57. The topological polar surface area (TPSA) is 56.1 Å². The molecule has 0 saturated heterocycles. The zero-order chi connectivity index (χ0) is 13.9. The molecule has 0 atom stereocenters. The van der Waals surface area contributed by atoms with Crippen LogP contribution in [0, 0.1) is 6.92 Å². The first-order chi connectivity index (χ1) is 9.04. The van der Waals surface area contributed by atoms with Gasteiger partial charge in [-0.15, -0.1) is 0 Å². The first kappa shape index (κ1) is 13.3. The van der Waals surface area contributed by atoms with Gasteiger partial charge in [0.2, 0.25) is 0 Å². The van der Waals surface area contributed by atoms with Gasteiger partial charge in [0.15, 0.2) is 0 Å². The van der Waals surface area contributed by atoms with E-state index < -0.39 is 10.0 Å². The van der Waals surface area contributed by atoms with E-state index >= 15 is 0 Å². The normalized spacial score (nSPS) is 11.8. The van der Waals surface area contributed by atoms with Crippen LogP contribution in [0.4, 0.5) is 0 Å². The molecule has 0 fully saturated rings. The second-order valence-electron chi connectivity index (χ2n) is 4.09. The predicted octanol–water partition coefficient (Wildman–Crippen LogP) is 2.25. The Hall–Kier alpha value is -2.14. The standard InChI is InChI=1S/C14H13NO3S/c1-12-4-6-14(7-5-12)19(17,18)15-9-8-13(11-15)3-2-10-16/h2-11H,1H3/b3-2+. The molecule has 5 heteroatoms. The van der Waals surface area contributed by atoms with Gasteiger partial charge >= 0.3 is 0 Å². The van der Waals surface area contributed by atoms with Gasteiger partial charge in [-0.2, -0.15) is 0 Å². The van der Waals surface area contributed by atoms with Gasteiger partial charge in [-0.25, -0.2) is 12.4 Å². The zero-order valence-electron chi connectivity index (χ0n) is 10.4. The molecule has 0 aliphatic heterocycles. The fourth-order valence-corrected chi connectivity index (χ4v) is 2.83. The Bertz CT molecular complexity index is 709. The molecule has 0 unspecified atom stereocenters. The van der Waals surface area contributed by atoms with Crippen molar-refractivity contribution in [3.63, 3.8) is 0 Å². The minimum Gasteiger partial charge on any atom is -0.299 e. The van der Waals surface area contributed by atoms with E-state index in [4.69, 9.17) is 0 Å². The van der Waals surface area contributed by atoms with Crippen LogP contribution in [-0.4, -0.2) is 18.7 Å². The molecule has 4 nitrogen and oxygen atoms in total. The lowest BCUT2D eigenvalue weighted by Gasteiger charge is -2.05. The van der Waals surface area contributed by atoms with Crippen molar-refractivity contribution in [1.82, 2.24) is 3.97 Å². The molecule has 0 spiro atoms. The third-order valence-corrected chi connectivity index (χ3v) is 4.30. The van der Waals surface area contributed by atoms with Crippen LogP contribution < -0.4 is 0 Å². The molecule has 0 radical (unpaired) electrons. The summed E-state index contributed by atoms with van der Waals surface area (Å²) in [7, 11) is -3.57. The number of carbonyl (C=O) groups is 1. The van der Waals surface area contributed by atoms with Gasteiger partial charge in [-0.3, -0.25) is 4.79 Å². The van der Waals surface area contributed by atoms with E-state index in [-0.39, 0.29) is 4.90 Å². The largest absolute Gasteiger partial charge is 0.299 e. The fraction of sp³-hybridized carbons (Fsp3) is 0.0714. The molecule has 0 aliphatic rings. The van der Waals surface area contributed by atoms with E-state index in [9.17, 15) is 13.2 Å². The van der Waals surface area contributed by atoms with Crippen LogP contribution in [0.2, 0.25) is 0 Å². The number of hydrogen-bond acceptors (Lipinski definition) is 3. The van der Waals surface area contributed by atoms with Crippen LogP contribution in [-0.2, 0) is 14.8 Å². The van der Waals surface area contributed by atoms with Crippen LogP contribution in [0.3, 0.4) is 0 Å². The number of aryl methyl sites for hydroxylation is 1. The smallest absolute Gasteiger partial charge is 0.267 e.